The highest BCUT2D eigenvalue weighted by molar-refractivity contribution is 5.81. The van der Waals surface area contributed by atoms with Crippen molar-refractivity contribution in [3.63, 3.8) is 0 Å². The Morgan fingerprint density at radius 1 is 0.857 bits per heavy atom. The standard InChI is InChI=1S/C22H16FN5/c23-17-4-2-15(3-5-17)16-10-18(24)12-20(11-16)27-14-25-21-13-19(6-7-22(21)27)28-9-1-8-26-28/h1-14H,24H2. The Balaban J connectivity index is 1.61. The van der Waals surface area contributed by atoms with E-state index in [2.05, 4.69) is 10.1 Å². The topological polar surface area (TPSA) is 61.7 Å². The second kappa shape index (κ2) is 6.35. The smallest absolute Gasteiger partial charge is 0.123 e. The van der Waals surface area contributed by atoms with Crippen molar-refractivity contribution < 1.29 is 4.39 Å². The maximum Gasteiger partial charge on any atom is 0.123 e. The summed E-state index contributed by atoms with van der Waals surface area (Å²) in [6.45, 7) is 0. The lowest BCUT2D eigenvalue weighted by molar-refractivity contribution is 0.628. The van der Waals surface area contributed by atoms with Crippen LogP contribution in [-0.4, -0.2) is 19.3 Å². The number of nitrogens with two attached hydrogens (primary N) is 1. The molecule has 0 fully saturated rings. The molecule has 0 amide bonds. The summed E-state index contributed by atoms with van der Waals surface area (Å²) in [5.74, 6) is -0.263. The minimum Gasteiger partial charge on any atom is -0.399 e. The van der Waals surface area contributed by atoms with Crippen LogP contribution in [-0.2, 0) is 0 Å². The Bertz CT molecular complexity index is 1270. The molecule has 0 saturated carbocycles. The molecule has 0 spiro atoms. The molecule has 3 aromatic carbocycles. The third-order valence-corrected chi connectivity index (χ3v) is 4.70. The highest BCUT2D eigenvalue weighted by atomic mass is 19.1. The minimum atomic E-state index is -0.263. The molecule has 0 bridgehead atoms. The van der Waals surface area contributed by atoms with E-state index in [-0.39, 0.29) is 5.82 Å². The maximum atomic E-state index is 13.3. The Morgan fingerprint density at radius 3 is 2.50 bits per heavy atom. The quantitative estimate of drug-likeness (QED) is 0.473. The fourth-order valence-corrected chi connectivity index (χ4v) is 3.35. The van der Waals surface area contributed by atoms with Gasteiger partial charge < -0.3 is 5.73 Å². The van der Waals surface area contributed by atoms with E-state index in [0.717, 1.165) is 33.5 Å². The van der Waals surface area contributed by atoms with Gasteiger partial charge in [0.15, 0.2) is 0 Å². The molecular weight excluding hydrogens is 353 g/mol. The van der Waals surface area contributed by atoms with E-state index in [4.69, 9.17) is 5.73 Å². The summed E-state index contributed by atoms with van der Waals surface area (Å²) in [4.78, 5) is 4.54. The van der Waals surface area contributed by atoms with E-state index in [1.165, 1.54) is 12.1 Å². The molecule has 5 nitrogen and oxygen atoms in total. The van der Waals surface area contributed by atoms with Gasteiger partial charge in [0.05, 0.1) is 16.7 Å². The summed E-state index contributed by atoms with van der Waals surface area (Å²) in [5, 5.41) is 4.26. The first-order valence-electron chi connectivity index (χ1n) is 8.81. The van der Waals surface area contributed by atoms with Gasteiger partial charge in [0, 0.05) is 23.8 Å². The number of imidazole rings is 1. The van der Waals surface area contributed by atoms with Gasteiger partial charge in [-0.2, -0.15) is 5.10 Å². The van der Waals surface area contributed by atoms with Crippen molar-refractivity contribution in [2.45, 2.75) is 0 Å². The zero-order chi connectivity index (χ0) is 19.1. The molecule has 5 aromatic rings. The molecule has 0 aliphatic carbocycles. The molecule has 0 aliphatic heterocycles. The lowest BCUT2D eigenvalue weighted by Crippen LogP contribution is -1.97. The molecule has 5 rings (SSSR count). The monoisotopic (exact) mass is 369 g/mol. The van der Waals surface area contributed by atoms with Gasteiger partial charge in [-0.3, -0.25) is 4.57 Å². The van der Waals surface area contributed by atoms with Crippen LogP contribution in [0, 0.1) is 5.82 Å². The summed E-state index contributed by atoms with van der Waals surface area (Å²) >= 11 is 0. The van der Waals surface area contributed by atoms with Gasteiger partial charge in [-0.25, -0.2) is 14.1 Å². The third-order valence-electron chi connectivity index (χ3n) is 4.70. The van der Waals surface area contributed by atoms with E-state index in [1.54, 1.807) is 29.3 Å². The van der Waals surface area contributed by atoms with E-state index in [0.29, 0.717) is 5.69 Å². The number of aromatic nitrogens is 4. The Morgan fingerprint density at radius 2 is 1.71 bits per heavy atom. The third kappa shape index (κ3) is 2.81. The van der Waals surface area contributed by atoms with Crippen LogP contribution in [0.1, 0.15) is 0 Å². The van der Waals surface area contributed by atoms with Crippen LogP contribution in [0.5, 0.6) is 0 Å². The van der Waals surface area contributed by atoms with Gasteiger partial charge in [-0.05, 0) is 65.7 Å². The SMILES string of the molecule is Nc1cc(-c2ccc(F)cc2)cc(-n2cnc3cc(-n4cccn4)ccc32)c1. The molecule has 0 aliphatic rings. The molecule has 2 heterocycles. The summed E-state index contributed by atoms with van der Waals surface area (Å²) in [6, 6.07) is 20.1. The number of hydrogen-bond donors (Lipinski definition) is 1. The summed E-state index contributed by atoms with van der Waals surface area (Å²) in [5.41, 5.74) is 12.3. The average Bonchev–Trinajstić information content (AvgIpc) is 3.37. The van der Waals surface area contributed by atoms with Crippen molar-refractivity contribution in [3.05, 3.63) is 91.3 Å². The first kappa shape index (κ1) is 16.3. The second-order valence-electron chi connectivity index (χ2n) is 6.56. The normalized spacial score (nSPS) is 11.2. The van der Waals surface area contributed by atoms with Crippen LogP contribution < -0.4 is 5.73 Å². The van der Waals surface area contributed by atoms with Crippen LogP contribution in [0.3, 0.4) is 0 Å². The molecule has 6 heteroatoms. The fraction of sp³-hybridized carbons (Fsp3) is 0. The molecule has 2 aromatic heterocycles. The van der Waals surface area contributed by atoms with Crippen molar-refractivity contribution in [3.8, 4) is 22.5 Å². The zero-order valence-electron chi connectivity index (χ0n) is 14.8. The number of benzene rings is 3. The van der Waals surface area contributed by atoms with Gasteiger partial charge in [0.25, 0.3) is 0 Å². The van der Waals surface area contributed by atoms with Crippen molar-refractivity contribution in [2.75, 3.05) is 5.73 Å². The van der Waals surface area contributed by atoms with E-state index in [9.17, 15) is 4.39 Å². The minimum absolute atomic E-state index is 0.263. The molecule has 0 radical (unpaired) electrons. The molecule has 0 unspecified atom stereocenters. The number of hydrogen-bond acceptors (Lipinski definition) is 3. The Kier molecular flexibility index (Phi) is 3.69. The molecule has 136 valence electrons. The highest BCUT2D eigenvalue weighted by Gasteiger charge is 2.09. The summed E-state index contributed by atoms with van der Waals surface area (Å²) < 4.78 is 17.0. The van der Waals surface area contributed by atoms with Crippen molar-refractivity contribution >= 4 is 16.7 Å². The number of nitrogen functional groups attached to an aromatic ring is 1. The van der Waals surface area contributed by atoms with Gasteiger partial charge in [-0.1, -0.05) is 12.1 Å². The number of nitrogens with zero attached hydrogens (tertiary/aromatic N) is 4. The van der Waals surface area contributed by atoms with Gasteiger partial charge >= 0.3 is 0 Å². The van der Waals surface area contributed by atoms with Crippen molar-refractivity contribution in [1.82, 2.24) is 19.3 Å². The molecule has 0 atom stereocenters. The predicted molar refractivity (Wildman–Crippen MR) is 108 cm³/mol. The summed E-state index contributed by atoms with van der Waals surface area (Å²) in [6.07, 6.45) is 5.41. The average molecular weight is 369 g/mol. The molecule has 2 N–H and O–H groups in total. The largest absolute Gasteiger partial charge is 0.399 e. The van der Waals surface area contributed by atoms with Gasteiger partial charge in [0.1, 0.15) is 12.1 Å². The summed E-state index contributed by atoms with van der Waals surface area (Å²) in [7, 11) is 0. The van der Waals surface area contributed by atoms with Crippen molar-refractivity contribution in [2.24, 2.45) is 0 Å². The van der Waals surface area contributed by atoms with Gasteiger partial charge in [0.2, 0.25) is 0 Å². The highest BCUT2D eigenvalue weighted by Crippen LogP contribution is 2.28. The Hall–Kier alpha value is -3.93. The maximum absolute atomic E-state index is 13.3. The molecular formula is C22H16FN5. The predicted octanol–water partition coefficient (Wildman–Crippen LogP) is 4.60. The number of anilines is 1. The van der Waals surface area contributed by atoms with Crippen LogP contribution in [0.2, 0.25) is 0 Å². The van der Waals surface area contributed by atoms with Crippen molar-refractivity contribution in [1.29, 1.82) is 0 Å². The first-order valence-corrected chi connectivity index (χ1v) is 8.81. The van der Waals surface area contributed by atoms with Crippen LogP contribution in [0.25, 0.3) is 33.5 Å². The fourth-order valence-electron chi connectivity index (χ4n) is 3.35. The van der Waals surface area contributed by atoms with Crippen LogP contribution in [0.4, 0.5) is 10.1 Å². The Labute approximate surface area is 160 Å². The number of rotatable bonds is 3. The van der Waals surface area contributed by atoms with E-state index in [1.807, 2.05) is 53.2 Å². The van der Waals surface area contributed by atoms with Crippen LogP contribution in [0.15, 0.2) is 85.5 Å². The van der Waals surface area contributed by atoms with Gasteiger partial charge in [-0.15, -0.1) is 0 Å². The lowest BCUT2D eigenvalue weighted by atomic mass is 10.0. The van der Waals surface area contributed by atoms with E-state index < -0.39 is 0 Å². The lowest BCUT2D eigenvalue weighted by Gasteiger charge is -2.10. The molecule has 28 heavy (non-hydrogen) atoms. The van der Waals surface area contributed by atoms with Crippen LogP contribution >= 0.6 is 0 Å². The molecule has 0 saturated heterocycles. The number of halogens is 1. The number of fused-ring (bicyclic) bond motifs is 1. The second-order valence-corrected chi connectivity index (χ2v) is 6.56. The van der Waals surface area contributed by atoms with E-state index >= 15 is 0 Å². The first-order chi connectivity index (χ1) is 13.7. The zero-order valence-corrected chi connectivity index (χ0v) is 14.8.